The Morgan fingerprint density at radius 1 is 1.19 bits per heavy atom. The first kappa shape index (κ1) is 16.5. The second kappa shape index (κ2) is 7.40. The zero-order valence-corrected chi connectivity index (χ0v) is 15.0. The highest BCUT2D eigenvalue weighted by Gasteiger charge is 2.27. The first-order chi connectivity index (χ1) is 10.0. The van der Waals surface area contributed by atoms with E-state index in [2.05, 4.69) is 37.2 Å². The van der Waals surface area contributed by atoms with Crippen LogP contribution in [0.25, 0.3) is 0 Å². The van der Waals surface area contributed by atoms with E-state index in [1.807, 2.05) is 30.0 Å². The van der Waals surface area contributed by atoms with Crippen LogP contribution in [0.5, 0.6) is 0 Å². The number of hydrogen-bond acceptors (Lipinski definition) is 2. The number of likely N-dealkylation sites (tertiary alicyclic amines) is 1. The molecule has 0 unspecified atom stereocenters. The Labute approximate surface area is 141 Å². The van der Waals surface area contributed by atoms with Gasteiger partial charge < -0.3 is 10.2 Å². The number of halogens is 2. The molecule has 0 saturated carbocycles. The molecule has 0 radical (unpaired) electrons. The van der Waals surface area contributed by atoms with E-state index < -0.39 is 0 Å². The maximum Gasteiger partial charge on any atom is 0.253 e. The van der Waals surface area contributed by atoms with Crippen molar-refractivity contribution < 1.29 is 9.59 Å². The normalized spacial score (nSPS) is 15.9. The Bertz CT molecular complexity index is 520. The molecule has 0 bridgehead atoms. The highest BCUT2D eigenvalue weighted by atomic mass is 79.9. The van der Waals surface area contributed by atoms with Crippen molar-refractivity contribution in [3.05, 3.63) is 32.7 Å². The summed E-state index contributed by atoms with van der Waals surface area (Å²) in [5.74, 6) is 0.157. The number of piperidine rings is 1. The van der Waals surface area contributed by atoms with Gasteiger partial charge in [-0.2, -0.15) is 0 Å². The SMILES string of the molecule is CCNC(=O)C1CCN(C(=O)c2cc(Br)cc(Br)c2)CC1. The molecule has 1 saturated heterocycles. The number of benzene rings is 1. The van der Waals surface area contributed by atoms with Gasteiger partial charge in [-0.15, -0.1) is 0 Å². The van der Waals surface area contributed by atoms with Crippen molar-refractivity contribution in [3.63, 3.8) is 0 Å². The number of nitrogens with one attached hydrogen (secondary N) is 1. The van der Waals surface area contributed by atoms with Crippen LogP contribution >= 0.6 is 31.9 Å². The van der Waals surface area contributed by atoms with E-state index in [0.717, 1.165) is 21.8 Å². The van der Waals surface area contributed by atoms with E-state index in [1.165, 1.54) is 0 Å². The van der Waals surface area contributed by atoms with E-state index in [1.54, 1.807) is 0 Å². The largest absolute Gasteiger partial charge is 0.356 e. The molecule has 2 amide bonds. The summed E-state index contributed by atoms with van der Waals surface area (Å²) in [7, 11) is 0. The molecule has 1 aliphatic heterocycles. The fraction of sp³-hybridized carbons (Fsp3) is 0.467. The molecule has 0 aliphatic carbocycles. The average molecular weight is 418 g/mol. The van der Waals surface area contributed by atoms with Crippen molar-refractivity contribution in [1.29, 1.82) is 0 Å². The van der Waals surface area contributed by atoms with Gasteiger partial charge in [-0.3, -0.25) is 9.59 Å². The summed E-state index contributed by atoms with van der Waals surface area (Å²) >= 11 is 6.79. The van der Waals surface area contributed by atoms with Crippen LogP contribution in [0.3, 0.4) is 0 Å². The third-order valence-corrected chi connectivity index (χ3v) is 4.53. The van der Waals surface area contributed by atoms with Gasteiger partial charge in [-0.25, -0.2) is 0 Å². The number of hydrogen-bond donors (Lipinski definition) is 1. The summed E-state index contributed by atoms with van der Waals surface area (Å²) in [5.41, 5.74) is 0.660. The molecule has 1 N–H and O–H groups in total. The second-order valence-electron chi connectivity index (χ2n) is 5.12. The van der Waals surface area contributed by atoms with Gasteiger partial charge in [0, 0.05) is 40.1 Å². The fourth-order valence-electron chi connectivity index (χ4n) is 2.52. The van der Waals surface area contributed by atoms with Gasteiger partial charge in [0.05, 0.1) is 0 Å². The zero-order chi connectivity index (χ0) is 15.4. The van der Waals surface area contributed by atoms with Crippen LogP contribution in [0.1, 0.15) is 30.1 Å². The van der Waals surface area contributed by atoms with Gasteiger partial charge in [0.25, 0.3) is 5.91 Å². The van der Waals surface area contributed by atoms with Crippen LogP contribution in [-0.4, -0.2) is 36.3 Å². The number of carbonyl (C=O) groups is 2. The monoisotopic (exact) mass is 416 g/mol. The lowest BCUT2D eigenvalue weighted by Crippen LogP contribution is -2.43. The van der Waals surface area contributed by atoms with E-state index in [9.17, 15) is 9.59 Å². The molecule has 6 heteroatoms. The number of rotatable bonds is 3. The average Bonchev–Trinajstić information content (AvgIpc) is 2.46. The molecule has 0 spiro atoms. The Kier molecular flexibility index (Phi) is 5.81. The summed E-state index contributed by atoms with van der Waals surface area (Å²) in [6.45, 7) is 3.83. The molecule has 0 atom stereocenters. The minimum atomic E-state index is 0.0198. The maximum atomic E-state index is 12.5. The van der Waals surface area contributed by atoms with Crippen molar-refractivity contribution in [3.8, 4) is 0 Å². The van der Waals surface area contributed by atoms with Crippen LogP contribution < -0.4 is 5.32 Å². The Balaban J connectivity index is 1.98. The molecular formula is C15H18Br2N2O2. The van der Waals surface area contributed by atoms with Gasteiger partial charge in [0.1, 0.15) is 0 Å². The predicted octanol–water partition coefficient (Wildman–Crippen LogP) is 3.20. The molecule has 4 nitrogen and oxygen atoms in total. The van der Waals surface area contributed by atoms with Crippen LogP contribution in [-0.2, 0) is 4.79 Å². The molecule has 1 heterocycles. The van der Waals surface area contributed by atoms with Crippen LogP contribution in [0, 0.1) is 5.92 Å². The molecule has 2 rings (SSSR count). The molecule has 1 aromatic carbocycles. The standard InChI is InChI=1S/C15H18Br2N2O2/c1-2-18-14(20)10-3-5-19(6-4-10)15(21)11-7-12(16)9-13(17)8-11/h7-10H,2-6H2,1H3,(H,18,20). The fourth-order valence-corrected chi connectivity index (χ4v) is 3.82. The molecule has 1 fully saturated rings. The predicted molar refractivity (Wildman–Crippen MR) is 89.2 cm³/mol. The zero-order valence-electron chi connectivity index (χ0n) is 11.9. The number of nitrogens with zero attached hydrogens (tertiary/aromatic N) is 1. The van der Waals surface area contributed by atoms with Gasteiger partial charge in [-0.05, 0) is 38.0 Å². The van der Waals surface area contributed by atoms with Crippen LogP contribution in [0.15, 0.2) is 27.1 Å². The topological polar surface area (TPSA) is 49.4 Å². The lowest BCUT2D eigenvalue weighted by atomic mass is 9.95. The first-order valence-corrected chi connectivity index (χ1v) is 8.63. The van der Waals surface area contributed by atoms with Gasteiger partial charge >= 0.3 is 0 Å². The van der Waals surface area contributed by atoms with Gasteiger partial charge in [-0.1, -0.05) is 31.9 Å². The van der Waals surface area contributed by atoms with Crippen molar-refractivity contribution in [2.24, 2.45) is 5.92 Å². The van der Waals surface area contributed by atoms with Gasteiger partial charge in [0.2, 0.25) is 5.91 Å². The van der Waals surface area contributed by atoms with Gasteiger partial charge in [0.15, 0.2) is 0 Å². The highest BCUT2D eigenvalue weighted by Crippen LogP contribution is 2.23. The number of carbonyl (C=O) groups excluding carboxylic acids is 2. The lowest BCUT2D eigenvalue weighted by molar-refractivity contribution is -0.126. The van der Waals surface area contributed by atoms with Crippen molar-refractivity contribution in [2.45, 2.75) is 19.8 Å². The molecule has 21 heavy (non-hydrogen) atoms. The molecule has 0 aromatic heterocycles. The van der Waals surface area contributed by atoms with Crippen LogP contribution in [0.2, 0.25) is 0 Å². The second-order valence-corrected chi connectivity index (χ2v) is 6.95. The number of amides is 2. The minimum absolute atomic E-state index is 0.0198. The summed E-state index contributed by atoms with van der Waals surface area (Å²) in [5, 5.41) is 2.85. The molecular weight excluding hydrogens is 400 g/mol. The first-order valence-electron chi connectivity index (χ1n) is 7.04. The summed E-state index contributed by atoms with van der Waals surface area (Å²) in [6.07, 6.45) is 1.46. The smallest absolute Gasteiger partial charge is 0.253 e. The highest BCUT2D eigenvalue weighted by molar-refractivity contribution is 9.11. The van der Waals surface area contributed by atoms with Crippen LogP contribution in [0.4, 0.5) is 0 Å². The van der Waals surface area contributed by atoms with E-state index in [0.29, 0.717) is 25.2 Å². The minimum Gasteiger partial charge on any atom is -0.356 e. The molecule has 114 valence electrons. The van der Waals surface area contributed by atoms with Crippen molar-refractivity contribution in [1.82, 2.24) is 10.2 Å². The third kappa shape index (κ3) is 4.30. The third-order valence-electron chi connectivity index (χ3n) is 3.61. The quantitative estimate of drug-likeness (QED) is 0.820. The Morgan fingerprint density at radius 3 is 2.29 bits per heavy atom. The summed E-state index contributed by atoms with van der Waals surface area (Å²) < 4.78 is 1.75. The Morgan fingerprint density at radius 2 is 1.76 bits per heavy atom. The molecule has 1 aromatic rings. The molecule has 1 aliphatic rings. The summed E-state index contributed by atoms with van der Waals surface area (Å²) in [6, 6.07) is 5.55. The van der Waals surface area contributed by atoms with E-state index >= 15 is 0 Å². The summed E-state index contributed by atoms with van der Waals surface area (Å²) in [4.78, 5) is 26.1. The Hall–Kier alpha value is -0.880. The van der Waals surface area contributed by atoms with Crippen molar-refractivity contribution in [2.75, 3.05) is 19.6 Å². The lowest BCUT2D eigenvalue weighted by Gasteiger charge is -2.31. The van der Waals surface area contributed by atoms with E-state index in [-0.39, 0.29) is 17.7 Å². The maximum absolute atomic E-state index is 12.5. The van der Waals surface area contributed by atoms with E-state index in [4.69, 9.17) is 0 Å². The van der Waals surface area contributed by atoms with Crippen molar-refractivity contribution >= 4 is 43.7 Å².